The van der Waals surface area contributed by atoms with Gasteiger partial charge in [0, 0.05) is 12.1 Å². The Kier molecular flexibility index (Phi) is 6.21. The largest absolute Gasteiger partial charge is 0.494 e. The molecule has 1 aromatic rings. The van der Waals surface area contributed by atoms with Crippen LogP contribution in [0.2, 0.25) is 0 Å². The fourth-order valence-corrected chi connectivity index (χ4v) is 1.85. The maximum atomic E-state index is 11.7. The van der Waals surface area contributed by atoms with Crippen molar-refractivity contribution in [3.8, 4) is 5.75 Å². The maximum absolute atomic E-state index is 11.7. The number of ether oxygens (including phenoxy) is 2. The smallest absolute Gasteiger partial charge is 0.303 e. The number of anilines is 1. The van der Waals surface area contributed by atoms with Crippen molar-refractivity contribution in [2.45, 2.75) is 25.7 Å². The normalized spacial score (nSPS) is 13.6. The standard InChI is InChI=1S/C16H21NO5/c18-15(11-21-10-12-3-4-12)17-13-5-7-14(8-6-13)22-9-1-2-16(19)20/h5-8,12H,1-4,9-11H2,(H,17,18)(H,19,20). The number of carboxylic acid groups (broad SMARTS) is 1. The average Bonchev–Trinajstić information content (AvgIpc) is 3.29. The monoisotopic (exact) mass is 307 g/mol. The van der Waals surface area contributed by atoms with Crippen LogP contribution in [0.5, 0.6) is 5.75 Å². The molecular weight excluding hydrogens is 286 g/mol. The van der Waals surface area contributed by atoms with E-state index in [2.05, 4.69) is 5.32 Å². The zero-order valence-corrected chi connectivity index (χ0v) is 12.4. The van der Waals surface area contributed by atoms with Gasteiger partial charge in [-0.1, -0.05) is 0 Å². The number of carbonyl (C=O) groups is 2. The minimum Gasteiger partial charge on any atom is -0.494 e. The van der Waals surface area contributed by atoms with Gasteiger partial charge in [0.2, 0.25) is 5.91 Å². The topological polar surface area (TPSA) is 84.9 Å². The highest BCUT2D eigenvalue weighted by molar-refractivity contribution is 5.91. The van der Waals surface area contributed by atoms with E-state index in [1.54, 1.807) is 24.3 Å². The summed E-state index contributed by atoms with van der Waals surface area (Å²) in [5.41, 5.74) is 0.679. The second kappa shape index (κ2) is 8.38. The Bertz CT molecular complexity index is 496. The number of hydrogen-bond donors (Lipinski definition) is 2. The van der Waals surface area contributed by atoms with Gasteiger partial charge in [-0.15, -0.1) is 0 Å². The maximum Gasteiger partial charge on any atom is 0.303 e. The van der Waals surface area contributed by atoms with Crippen LogP contribution >= 0.6 is 0 Å². The second-order valence-electron chi connectivity index (χ2n) is 5.38. The van der Waals surface area contributed by atoms with Crippen molar-refractivity contribution < 1.29 is 24.2 Å². The van der Waals surface area contributed by atoms with Crippen molar-refractivity contribution in [1.82, 2.24) is 0 Å². The van der Waals surface area contributed by atoms with Crippen LogP contribution in [0.25, 0.3) is 0 Å². The highest BCUT2D eigenvalue weighted by Crippen LogP contribution is 2.28. The van der Waals surface area contributed by atoms with Crippen molar-refractivity contribution in [3.63, 3.8) is 0 Å². The van der Waals surface area contributed by atoms with Crippen LogP contribution in [0.3, 0.4) is 0 Å². The van der Waals surface area contributed by atoms with E-state index in [1.165, 1.54) is 12.8 Å². The van der Waals surface area contributed by atoms with Crippen LogP contribution in [0, 0.1) is 5.92 Å². The molecule has 0 spiro atoms. The lowest BCUT2D eigenvalue weighted by molar-refractivity contribution is -0.137. The molecule has 1 saturated carbocycles. The quantitative estimate of drug-likeness (QED) is 0.648. The molecule has 1 amide bonds. The van der Waals surface area contributed by atoms with Crippen molar-refractivity contribution in [2.24, 2.45) is 5.92 Å². The molecule has 1 fully saturated rings. The molecule has 0 radical (unpaired) electrons. The summed E-state index contributed by atoms with van der Waals surface area (Å²) in [6.45, 7) is 1.09. The van der Waals surface area contributed by atoms with E-state index >= 15 is 0 Å². The molecule has 22 heavy (non-hydrogen) atoms. The van der Waals surface area contributed by atoms with Gasteiger partial charge in [0.1, 0.15) is 12.4 Å². The number of carboxylic acids is 1. The van der Waals surface area contributed by atoms with Crippen molar-refractivity contribution in [3.05, 3.63) is 24.3 Å². The summed E-state index contributed by atoms with van der Waals surface area (Å²) in [7, 11) is 0. The van der Waals surface area contributed by atoms with Crippen molar-refractivity contribution in [2.75, 3.05) is 25.1 Å². The summed E-state index contributed by atoms with van der Waals surface area (Å²) in [4.78, 5) is 22.0. The summed E-state index contributed by atoms with van der Waals surface area (Å²) in [5.74, 6) is 0.292. The Morgan fingerprint density at radius 2 is 1.95 bits per heavy atom. The lowest BCUT2D eigenvalue weighted by Crippen LogP contribution is -2.18. The molecule has 6 nitrogen and oxygen atoms in total. The molecule has 1 aliphatic carbocycles. The molecule has 1 aliphatic rings. The highest BCUT2D eigenvalue weighted by atomic mass is 16.5. The first-order chi connectivity index (χ1) is 10.6. The van der Waals surface area contributed by atoms with Crippen LogP contribution in [0.15, 0.2) is 24.3 Å². The van der Waals surface area contributed by atoms with Crippen molar-refractivity contribution in [1.29, 1.82) is 0 Å². The Hall–Kier alpha value is -2.08. The number of rotatable bonds is 10. The first-order valence-corrected chi connectivity index (χ1v) is 7.46. The van der Waals surface area contributed by atoms with Crippen LogP contribution in [-0.2, 0) is 14.3 Å². The molecule has 1 aromatic carbocycles. The summed E-state index contributed by atoms with van der Waals surface area (Å²) < 4.78 is 10.7. The van der Waals surface area contributed by atoms with Gasteiger partial charge < -0.3 is 19.9 Å². The van der Waals surface area contributed by atoms with E-state index < -0.39 is 5.97 Å². The minimum atomic E-state index is -0.828. The molecule has 0 saturated heterocycles. The Labute approximate surface area is 129 Å². The van der Waals surface area contributed by atoms with Crippen LogP contribution in [0.4, 0.5) is 5.69 Å². The third-order valence-electron chi connectivity index (χ3n) is 3.23. The molecule has 0 heterocycles. The van der Waals surface area contributed by atoms with Gasteiger partial charge in [0.15, 0.2) is 0 Å². The third kappa shape index (κ3) is 6.58. The number of benzene rings is 1. The predicted molar refractivity (Wildman–Crippen MR) is 81.0 cm³/mol. The van der Waals surface area contributed by atoms with Gasteiger partial charge in [0.25, 0.3) is 0 Å². The van der Waals surface area contributed by atoms with Crippen LogP contribution in [0.1, 0.15) is 25.7 Å². The van der Waals surface area contributed by atoms with E-state index in [1.807, 2.05) is 0 Å². The van der Waals surface area contributed by atoms with Gasteiger partial charge in [-0.05, 0) is 49.4 Å². The third-order valence-corrected chi connectivity index (χ3v) is 3.23. The first kappa shape index (κ1) is 16.3. The summed E-state index contributed by atoms with van der Waals surface area (Å²) >= 11 is 0. The summed E-state index contributed by atoms with van der Waals surface area (Å²) in [6.07, 6.45) is 2.96. The molecule has 0 aromatic heterocycles. The molecular formula is C16H21NO5. The average molecular weight is 307 g/mol. The summed E-state index contributed by atoms with van der Waals surface area (Å²) in [6, 6.07) is 6.96. The van der Waals surface area contributed by atoms with E-state index in [4.69, 9.17) is 14.6 Å². The van der Waals surface area contributed by atoms with Crippen LogP contribution in [-0.4, -0.2) is 36.8 Å². The van der Waals surface area contributed by atoms with E-state index in [-0.39, 0.29) is 18.9 Å². The minimum absolute atomic E-state index is 0.0734. The zero-order valence-electron chi connectivity index (χ0n) is 12.4. The molecule has 0 aliphatic heterocycles. The number of hydrogen-bond acceptors (Lipinski definition) is 4. The van der Waals surface area contributed by atoms with E-state index in [0.29, 0.717) is 37.0 Å². The van der Waals surface area contributed by atoms with Gasteiger partial charge in [-0.3, -0.25) is 9.59 Å². The Balaban J connectivity index is 1.64. The molecule has 120 valence electrons. The fraction of sp³-hybridized carbons (Fsp3) is 0.500. The first-order valence-electron chi connectivity index (χ1n) is 7.46. The lowest BCUT2D eigenvalue weighted by Gasteiger charge is -2.08. The Morgan fingerprint density at radius 1 is 1.23 bits per heavy atom. The lowest BCUT2D eigenvalue weighted by atomic mass is 10.3. The van der Waals surface area contributed by atoms with Crippen molar-refractivity contribution >= 4 is 17.6 Å². The second-order valence-corrected chi connectivity index (χ2v) is 5.38. The highest BCUT2D eigenvalue weighted by Gasteiger charge is 2.21. The van der Waals surface area contributed by atoms with E-state index in [9.17, 15) is 9.59 Å². The number of carbonyl (C=O) groups excluding carboxylic acids is 1. The molecule has 2 N–H and O–H groups in total. The molecule has 0 unspecified atom stereocenters. The predicted octanol–water partition coefficient (Wildman–Crippen LogP) is 2.30. The van der Waals surface area contributed by atoms with Gasteiger partial charge in [-0.2, -0.15) is 0 Å². The van der Waals surface area contributed by atoms with Crippen LogP contribution < -0.4 is 10.1 Å². The number of nitrogens with one attached hydrogen (secondary N) is 1. The fourth-order valence-electron chi connectivity index (χ4n) is 1.85. The molecule has 6 heteroatoms. The molecule has 2 rings (SSSR count). The Morgan fingerprint density at radius 3 is 2.59 bits per heavy atom. The molecule has 0 bridgehead atoms. The summed E-state index contributed by atoms with van der Waals surface area (Å²) in [5, 5.41) is 11.3. The molecule has 0 atom stereocenters. The van der Waals surface area contributed by atoms with Gasteiger partial charge >= 0.3 is 5.97 Å². The SMILES string of the molecule is O=C(O)CCCOc1ccc(NC(=O)COCC2CC2)cc1. The van der Waals surface area contributed by atoms with Gasteiger partial charge in [-0.25, -0.2) is 0 Å². The number of aliphatic carboxylic acids is 1. The van der Waals surface area contributed by atoms with Gasteiger partial charge in [0.05, 0.1) is 13.2 Å². The van der Waals surface area contributed by atoms with E-state index in [0.717, 1.165) is 0 Å². The zero-order chi connectivity index (χ0) is 15.8. The number of amides is 1.